The van der Waals surface area contributed by atoms with Crippen molar-refractivity contribution in [1.82, 2.24) is 4.98 Å². The SMILES string of the molecule is Cc1c(Br)cccc1NC(=O)c1ccnc(N)c1. The lowest BCUT2D eigenvalue weighted by Crippen LogP contribution is -2.13. The lowest BCUT2D eigenvalue weighted by molar-refractivity contribution is 0.102. The molecule has 92 valence electrons. The predicted octanol–water partition coefficient (Wildman–Crippen LogP) is 2.99. The van der Waals surface area contributed by atoms with Gasteiger partial charge in [0.2, 0.25) is 0 Å². The molecule has 0 aliphatic carbocycles. The fourth-order valence-corrected chi connectivity index (χ4v) is 1.89. The third-order valence-corrected chi connectivity index (χ3v) is 3.42. The average Bonchev–Trinajstić information content (AvgIpc) is 2.35. The van der Waals surface area contributed by atoms with E-state index in [2.05, 4.69) is 26.2 Å². The van der Waals surface area contributed by atoms with Crippen LogP contribution in [0, 0.1) is 6.92 Å². The first-order chi connectivity index (χ1) is 8.58. The molecule has 4 nitrogen and oxygen atoms in total. The molecule has 0 spiro atoms. The molecule has 0 aliphatic rings. The van der Waals surface area contributed by atoms with Gasteiger partial charge >= 0.3 is 0 Å². The highest BCUT2D eigenvalue weighted by Crippen LogP contribution is 2.23. The zero-order valence-corrected chi connectivity index (χ0v) is 11.4. The molecule has 5 heteroatoms. The summed E-state index contributed by atoms with van der Waals surface area (Å²) in [6.07, 6.45) is 1.51. The number of amides is 1. The van der Waals surface area contributed by atoms with E-state index in [0.29, 0.717) is 11.4 Å². The van der Waals surface area contributed by atoms with E-state index in [0.717, 1.165) is 15.7 Å². The Balaban J connectivity index is 2.24. The molecular formula is C13H12BrN3O. The van der Waals surface area contributed by atoms with Gasteiger partial charge in [0.15, 0.2) is 0 Å². The summed E-state index contributed by atoms with van der Waals surface area (Å²) >= 11 is 3.42. The molecule has 1 heterocycles. The molecule has 0 radical (unpaired) electrons. The predicted molar refractivity (Wildman–Crippen MR) is 75.5 cm³/mol. The first-order valence-electron chi connectivity index (χ1n) is 5.36. The number of nitrogens with zero attached hydrogens (tertiary/aromatic N) is 1. The average molecular weight is 306 g/mol. The maximum atomic E-state index is 12.0. The van der Waals surface area contributed by atoms with E-state index < -0.39 is 0 Å². The number of carbonyl (C=O) groups is 1. The summed E-state index contributed by atoms with van der Waals surface area (Å²) < 4.78 is 0.953. The van der Waals surface area contributed by atoms with Crippen LogP contribution in [0.25, 0.3) is 0 Å². The van der Waals surface area contributed by atoms with Gasteiger partial charge in [-0.2, -0.15) is 0 Å². The van der Waals surface area contributed by atoms with Crippen molar-refractivity contribution >= 4 is 33.3 Å². The Morgan fingerprint density at radius 1 is 1.39 bits per heavy atom. The van der Waals surface area contributed by atoms with E-state index in [9.17, 15) is 4.79 Å². The molecule has 0 fully saturated rings. The Bertz CT molecular complexity index is 599. The Morgan fingerprint density at radius 2 is 2.17 bits per heavy atom. The van der Waals surface area contributed by atoms with Gasteiger partial charge in [-0.05, 0) is 36.8 Å². The van der Waals surface area contributed by atoms with Crippen molar-refractivity contribution in [3.63, 3.8) is 0 Å². The first kappa shape index (κ1) is 12.6. The zero-order chi connectivity index (χ0) is 13.1. The van der Waals surface area contributed by atoms with Gasteiger partial charge in [-0.3, -0.25) is 4.79 Å². The molecule has 18 heavy (non-hydrogen) atoms. The number of nitrogen functional groups attached to an aromatic ring is 1. The topological polar surface area (TPSA) is 68.0 Å². The normalized spacial score (nSPS) is 10.1. The second-order valence-corrected chi connectivity index (χ2v) is 4.69. The second-order valence-electron chi connectivity index (χ2n) is 3.84. The number of pyridine rings is 1. The molecule has 0 atom stereocenters. The van der Waals surface area contributed by atoms with E-state index in [1.165, 1.54) is 6.20 Å². The number of nitrogens with one attached hydrogen (secondary N) is 1. The number of hydrogen-bond donors (Lipinski definition) is 2. The minimum Gasteiger partial charge on any atom is -0.384 e. The van der Waals surface area contributed by atoms with Crippen LogP contribution in [0.15, 0.2) is 41.0 Å². The van der Waals surface area contributed by atoms with Crippen molar-refractivity contribution in [1.29, 1.82) is 0 Å². The van der Waals surface area contributed by atoms with E-state index in [1.807, 2.05) is 25.1 Å². The van der Waals surface area contributed by atoms with Crippen molar-refractivity contribution in [2.75, 3.05) is 11.1 Å². The Morgan fingerprint density at radius 3 is 2.89 bits per heavy atom. The summed E-state index contributed by atoms with van der Waals surface area (Å²) in [7, 11) is 0. The number of rotatable bonds is 2. The van der Waals surface area contributed by atoms with Crippen LogP contribution >= 0.6 is 15.9 Å². The van der Waals surface area contributed by atoms with Crippen LogP contribution in [-0.2, 0) is 0 Å². The van der Waals surface area contributed by atoms with Gasteiger partial charge in [0, 0.05) is 21.9 Å². The summed E-state index contributed by atoms with van der Waals surface area (Å²) in [5, 5.41) is 2.84. The van der Waals surface area contributed by atoms with Gasteiger partial charge in [0.25, 0.3) is 5.91 Å². The Kier molecular flexibility index (Phi) is 3.62. The highest BCUT2D eigenvalue weighted by molar-refractivity contribution is 9.10. The molecule has 0 aliphatic heterocycles. The molecule has 0 bridgehead atoms. The summed E-state index contributed by atoms with van der Waals surface area (Å²) in [6.45, 7) is 1.93. The van der Waals surface area contributed by atoms with Crippen LogP contribution in [0.3, 0.4) is 0 Å². The van der Waals surface area contributed by atoms with Gasteiger partial charge in [-0.15, -0.1) is 0 Å². The quantitative estimate of drug-likeness (QED) is 0.896. The van der Waals surface area contributed by atoms with Gasteiger partial charge in [0.1, 0.15) is 5.82 Å². The van der Waals surface area contributed by atoms with Crippen molar-refractivity contribution in [2.45, 2.75) is 6.92 Å². The van der Waals surface area contributed by atoms with Crippen molar-refractivity contribution in [2.24, 2.45) is 0 Å². The number of carbonyl (C=O) groups excluding carboxylic acids is 1. The molecule has 0 saturated carbocycles. The summed E-state index contributed by atoms with van der Waals surface area (Å²) in [5.74, 6) is 0.124. The van der Waals surface area contributed by atoms with E-state index >= 15 is 0 Å². The van der Waals surface area contributed by atoms with Crippen LogP contribution < -0.4 is 11.1 Å². The lowest BCUT2D eigenvalue weighted by Gasteiger charge is -2.09. The van der Waals surface area contributed by atoms with Crippen molar-refractivity contribution in [3.8, 4) is 0 Å². The van der Waals surface area contributed by atoms with Crippen molar-refractivity contribution in [3.05, 3.63) is 52.1 Å². The monoisotopic (exact) mass is 305 g/mol. The zero-order valence-electron chi connectivity index (χ0n) is 9.77. The number of hydrogen-bond acceptors (Lipinski definition) is 3. The summed E-state index contributed by atoms with van der Waals surface area (Å²) in [4.78, 5) is 15.9. The van der Waals surface area contributed by atoms with Gasteiger partial charge in [-0.1, -0.05) is 22.0 Å². The molecule has 0 saturated heterocycles. The third-order valence-electron chi connectivity index (χ3n) is 2.56. The van der Waals surface area contributed by atoms with Crippen LogP contribution in [0.2, 0.25) is 0 Å². The van der Waals surface area contributed by atoms with Crippen LogP contribution in [0.5, 0.6) is 0 Å². The van der Waals surface area contributed by atoms with E-state index in [1.54, 1.807) is 12.1 Å². The largest absolute Gasteiger partial charge is 0.384 e. The number of benzene rings is 1. The van der Waals surface area contributed by atoms with Gasteiger partial charge in [0.05, 0.1) is 0 Å². The first-order valence-corrected chi connectivity index (χ1v) is 6.15. The standard InChI is InChI=1S/C13H12BrN3O/c1-8-10(14)3-2-4-11(8)17-13(18)9-5-6-16-12(15)7-9/h2-7H,1H3,(H2,15,16)(H,17,18). The molecule has 2 rings (SSSR count). The number of halogens is 1. The van der Waals surface area contributed by atoms with Crippen LogP contribution in [-0.4, -0.2) is 10.9 Å². The Hall–Kier alpha value is -1.88. The summed E-state index contributed by atoms with van der Waals surface area (Å²) in [5.41, 5.74) is 7.78. The number of anilines is 2. The highest BCUT2D eigenvalue weighted by Gasteiger charge is 2.09. The molecule has 1 amide bonds. The Labute approximate surface area is 113 Å². The molecular weight excluding hydrogens is 294 g/mol. The second kappa shape index (κ2) is 5.18. The fraction of sp³-hybridized carbons (Fsp3) is 0.0769. The lowest BCUT2D eigenvalue weighted by atomic mass is 10.2. The number of aromatic nitrogens is 1. The molecule has 0 unspecified atom stereocenters. The van der Waals surface area contributed by atoms with E-state index in [-0.39, 0.29) is 5.91 Å². The minimum absolute atomic E-state index is 0.203. The van der Waals surface area contributed by atoms with Crippen LogP contribution in [0.1, 0.15) is 15.9 Å². The molecule has 2 aromatic rings. The molecule has 1 aromatic carbocycles. The van der Waals surface area contributed by atoms with E-state index in [4.69, 9.17) is 5.73 Å². The van der Waals surface area contributed by atoms with Crippen molar-refractivity contribution < 1.29 is 4.79 Å². The van der Waals surface area contributed by atoms with Gasteiger partial charge in [-0.25, -0.2) is 4.98 Å². The maximum absolute atomic E-state index is 12.0. The highest BCUT2D eigenvalue weighted by atomic mass is 79.9. The number of nitrogens with two attached hydrogens (primary N) is 1. The van der Waals surface area contributed by atoms with Gasteiger partial charge < -0.3 is 11.1 Å². The maximum Gasteiger partial charge on any atom is 0.255 e. The van der Waals surface area contributed by atoms with Crippen LogP contribution in [0.4, 0.5) is 11.5 Å². The third kappa shape index (κ3) is 2.68. The smallest absolute Gasteiger partial charge is 0.255 e. The molecule has 3 N–H and O–H groups in total. The minimum atomic E-state index is -0.203. The fourth-order valence-electron chi connectivity index (χ4n) is 1.53. The molecule has 1 aromatic heterocycles. The summed E-state index contributed by atoms with van der Waals surface area (Å²) in [6, 6.07) is 8.81.